The minimum Gasteiger partial charge on any atom is -0.382 e. The largest absolute Gasteiger partial charge is 3.00 e. The van der Waals surface area contributed by atoms with E-state index in [0.29, 0.717) is 0 Å². The average molecular weight is 166 g/mol. The van der Waals surface area contributed by atoms with Crippen LogP contribution in [0.4, 0.5) is 0 Å². The fraction of sp³-hybridized carbons (Fsp3) is 1.00. The zero-order valence-electron chi connectivity index (χ0n) is 6.48. The van der Waals surface area contributed by atoms with Crippen molar-refractivity contribution >= 4 is 29.0 Å². The third kappa shape index (κ3) is 52.2. The van der Waals surface area contributed by atoms with Crippen molar-refractivity contribution in [2.45, 2.75) is 20.8 Å². The Hall–Kier alpha value is 0.782. The summed E-state index contributed by atoms with van der Waals surface area (Å²) in [5.74, 6) is 0.722. The predicted molar refractivity (Wildman–Crippen MR) is 44.3 cm³/mol. The van der Waals surface area contributed by atoms with Gasteiger partial charge in [-0.2, -0.15) is 0 Å². The van der Waals surface area contributed by atoms with Gasteiger partial charge in [0, 0.05) is 19.1 Å². The van der Waals surface area contributed by atoms with Gasteiger partial charge in [-0.05, 0) is 13.8 Å². The third-order valence-corrected chi connectivity index (χ3v) is 0.408. The van der Waals surface area contributed by atoms with Crippen molar-refractivity contribution in [1.29, 1.82) is 0 Å². The van der Waals surface area contributed by atoms with E-state index in [2.05, 4.69) is 0 Å². The Morgan fingerprint density at radius 2 is 1.33 bits per heavy atom. The molecule has 1 nitrogen and oxygen atoms in total. The number of ether oxygens (including phenoxy) is 1. The molecule has 0 aromatic rings. The second kappa shape index (κ2) is 23.3. The Morgan fingerprint density at radius 1 is 1.11 bits per heavy atom. The molecule has 9 heavy (non-hydrogen) atoms. The first-order chi connectivity index (χ1) is 3.83. The molecule has 0 aliphatic heterocycles. The van der Waals surface area contributed by atoms with Crippen molar-refractivity contribution < 1.29 is 4.74 Å². The minimum absolute atomic E-state index is 0. The van der Waals surface area contributed by atoms with Crippen molar-refractivity contribution in [2.24, 2.45) is 0 Å². The molecule has 0 aliphatic carbocycles. The van der Waals surface area contributed by atoms with Gasteiger partial charge in [-0.25, -0.2) is 0 Å². The van der Waals surface area contributed by atoms with Crippen LogP contribution in [0, 0.1) is 0 Å². The molecule has 3 heteroatoms. The molecule has 0 saturated carbocycles. The smallest absolute Gasteiger partial charge is 0.382 e. The van der Waals surface area contributed by atoms with Gasteiger partial charge in [0.1, 0.15) is 0 Å². The van der Waals surface area contributed by atoms with Gasteiger partial charge < -0.3 is 4.74 Å². The Morgan fingerprint density at radius 3 is 1.33 bits per heavy atom. The molecule has 0 amide bonds. The number of rotatable bonds is 2. The van der Waals surface area contributed by atoms with E-state index >= 15 is 0 Å². The third-order valence-electron chi connectivity index (χ3n) is 0.408. The van der Waals surface area contributed by atoms with Crippen LogP contribution in [0.5, 0.6) is 0 Å². The normalized spacial score (nSPS) is 6.67. The number of hydrogen-bond donors (Lipinski definition) is 0. The molecule has 0 spiro atoms. The van der Waals surface area contributed by atoms with Crippen molar-refractivity contribution in [3.8, 4) is 0 Å². The maximum atomic E-state index is 5.00. The predicted octanol–water partition coefficient (Wildman–Crippen LogP) is 1.91. The van der Waals surface area contributed by atoms with Crippen molar-refractivity contribution in [1.82, 2.24) is 0 Å². The summed E-state index contributed by atoms with van der Waals surface area (Å²) in [5, 5.41) is 0. The maximum absolute atomic E-state index is 5.00. The molecule has 0 aromatic carbocycles. The quantitative estimate of drug-likeness (QED) is 0.449. The van der Waals surface area contributed by atoms with E-state index in [1.54, 1.807) is 0 Å². The van der Waals surface area contributed by atoms with Crippen LogP contribution in [0.15, 0.2) is 0 Å². The Balaban J connectivity index is -0.0000000800. The van der Waals surface area contributed by atoms with Crippen LogP contribution < -0.4 is 0 Å². The standard InChI is InChI=1S/C4H10O.C2H5Cl.Al/c1-3-5-4-2;1-2-3;/h3-4H2,1-2H3;2H2,1H3;/q;;+3. The molecule has 0 N–H and O–H groups in total. The van der Waals surface area contributed by atoms with Crippen LogP contribution in [0.2, 0.25) is 0 Å². The molecule has 0 aliphatic rings. The molecule has 0 rings (SSSR count). The van der Waals surface area contributed by atoms with E-state index in [1.165, 1.54) is 0 Å². The summed E-state index contributed by atoms with van der Waals surface area (Å²) in [5.41, 5.74) is 0. The van der Waals surface area contributed by atoms with Gasteiger partial charge in [-0.3, -0.25) is 0 Å². The Bertz CT molecular complexity index is 27.0. The second-order valence-corrected chi connectivity index (χ2v) is 1.58. The molecule has 0 fully saturated rings. The summed E-state index contributed by atoms with van der Waals surface area (Å²) in [6.45, 7) is 7.56. The van der Waals surface area contributed by atoms with Crippen LogP contribution in [0.25, 0.3) is 0 Å². The van der Waals surface area contributed by atoms with Crippen LogP contribution in [-0.4, -0.2) is 36.5 Å². The van der Waals surface area contributed by atoms with Crippen molar-refractivity contribution in [3.63, 3.8) is 0 Å². The first-order valence-electron chi connectivity index (χ1n) is 2.97. The summed E-state index contributed by atoms with van der Waals surface area (Å²) in [6.07, 6.45) is 0. The summed E-state index contributed by atoms with van der Waals surface area (Å²) >= 11 is 5.00. The fourth-order valence-corrected chi connectivity index (χ4v) is 0.204. The molecular formula is C6H15AlClO+3. The Kier molecular flexibility index (Phi) is 42.4. The molecule has 0 saturated heterocycles. The first kappa shape index (κ1) is 16.4. The van der Waals surface area contributed by atoms with Crippen LogP contribution >= 0.6 is 11.6 Å². The van der Waals surface area contributed by atoms with E-state index in [-0.39, 0.29) is 17.4 Å². The minimum atomic E-state index is 0. The van der Waals surface area contributed by atoms with E-state index in [0.717, 1.165) is 19.1 Å². The molecule has 0 atom stereocenters. The van der Waals surface area contributed by atoms with Crippen LogP contribution in [0.3, 0.4) is 0 Å². The summed E-state index contributed by atoms with van der Waals surface area (Å²) < 4.78 is 4.83. The van der Waals surface area contributed by atoms with E-state index in [4.69, 9.17) is 16.3 Å². The molecule has 0 aromatic heterocycles. The SMILES string of the molecule is CCCl.CCOCC.[Al+3]. The van der Waals surface area contributed by atoms with E-state index in [1.807, 2.05) is 20.8 Å². The number of alkyl halides is 1. The molecule has 0 bridgehead atoms. The van der Waals surface area contributed by atoms with E-state index in [9.17, 15) is 0 Å². The number of halogens is 1. The summed E-state index contributed by atoms with van der Waals surface area (Å²) in [4.78, 5) is 0. The zero-order chi connectivity index (χ0) is 6.83. The second-order valence-electron chi connectivity index (χ2n) is 1.05. The van der Waals surface area contributed by atoms with Gasteiger partial charge in [-0.1, -0.05) is 6.92 Å². The Labute approximate surface area is 73.9 Å². The van der Waals surface area contributed by atoms with Gasteiger partial charge in [0.2, 0.25) is 0 Å². The van der Waals surface area contributed by atoms with Crippen LogP contribution in [0.1, 0.15) is 20.8 Å². The van der Waals surface area contributed by atoms with Gasteiger partial charge in [0.15, 0.2) is 0 Å². The molecule has 52 valence electrons. The average Bonchev–Trinajstić information content (AvgIpc) is 1.71. The molecule has 0 unspecified atom stereocenters. The summed E-state index contributed by atoms with van der Waals surface area (Å²) in [7, 11) is 0. The first-order valence-corrected chi connectivity index (χ1v) is 3.50. The molecule has 0 radical (unpaired) electrons. The maximum Gasteiger partial charge on any atom is 3.00 e. The molecule has 0 heterocycles. The monoisotopic (exact) mass is 165 g/mol. The fourth-order valence-electron chi connectivity index (χ4n) is 0.204. The van der Waals surface area contributed by atoms with Crippen molar-refractivity contribution in [3.05, 3.63) is 0 Å². The topological polar surface area (TPSA) is 9.23 Å². The summed E-state index contributed by atoms with van der Waals surface area (Å²) in [6, 6.07) is 0. The van der Waals surface area contributed by atoms with Gasteiger partial charge in [0.25, 0.3) is 0 Å². The van der Waals surface area contributed by atoms with E-state index < -0.39 is 0 Å². The van der Waals surface area contributed by atoms with Crippen molar-refractivity contribution in [2.75, 3.05) is 19.1 Å². The van der Waals surface area contributed by atoms with Gasteiger partial charge in [-0.15, -0.1) is 11.6 Å². The van der Waals surface area contributed by atoms with Gasteiger partial charge >= 0.3 is 17.4 Å². The van der Waals surface area contributed by atoms with Crippen LogP contribution in [-0.2, 0) is 4.74 Å². The van der Waals surface area contributed by atoms with Gasteiger partial charge in [0.05, 0.1) is 0 Å². The zero-order valence-corrected chi connectivity index (χ0v) is 8.40. The molecular weight excluding hydrogens is 150 g/mol. The number of hydrogen-bond acceptors (Lipinski definition) is 1.